The van der Waals surface area contributed by atoms with Crippen LogP contribution in [0.5, 0.6) is 11.5 Å². The lowest BCUT2D eigenvalue weighted by atomic mass is 10.1. The van der Waals surface area contributed by atoms with Gasteiger partial charge in [-0.25, -0.2) is 8.42 Å². The highest BCUT2D eigenvalue weighted by Gasteiger charge is 2.31. The molecule has 1 aliphatic heterocycles. The Morgan fingerprint density at radius 1 is 0.771 bits per heavy atom. The Balaban J connectivity index is 1.30. The Hall–Kier alpha value is -3.69. The fourth-order valence-electron chi connectivity index (χ4n) is 4.28. The molecule has 0 N–H and O–H groups in total. The van der Waals surface area contributed by atoms with Crippen LogP contribution in [0.25, 0.3) is 22.0 Å². The smallest absolute Gasteiger partial charge is 0.247 e. The Kier molecular flexibility index (Phi) is 6.27. The molecule has 1 aromatic heterocycles. The third-order valence-corrected chi connectivity index (χ3v) is 8.17. The predicted molar refractivity (Wildman–Crippen MR) is 135 cm³/mol. The van der Waals surface area contributed by atoms with Crippen molar-refractivity contribution < 1.29 is 17.9 Å². The van der Waals surface area contributed by atoms with Gasteiger partial charge in [0, 0.05) is 37.8 Å². The van der Waals surface area contributed by atoms with E-state index in [1.807, 2.05) is 35.2 Å². The highest BCUT2D eigenvalue weighted by molar-refractivity contribution is 7.89. The summed E-state index contributed by atoms with van der Waals surface area (Å²) in [6, 6.07) is 23.1. The van der Waals surface area contributed by atoms with Gasteiger partial charge in [0.1, 0.15) is 16.4 Å². The zero-order chi connectivity index (χ0) is 24.4. The first-order valence-corrected chi connectivity index (χ1v) is 12.7. The number of nitrogens with zero attached hydrogens (tertiary/aromatic N) is 4. The first-order valence-electron chi connectivity index (χ1n) is 11.3. The van der Waals surface area contributed by atoms with Crippen molar-refractivity contribution in [1.29, 1.82) is 0 Å². The molecule has 8 nitrogen and oxygen atoms in total. The van der Waals surface area contributed by atoms with E-state index in [1.165, 1.54) is 30.0 Å². The number of piperazine rings is 1. The maximum Gasteiger partial charge on any atom is 0.247 e. The summed E-state index contributed by atoms with van der Waals surface area (Å²) in [5, 5.41) is 11.2. The SMILES string of the molecule is COc1ccc(OC)c(S(=O)(=O)N2CCN(c3ccc(-c4ccc5ccccc5c4)nn3)CC2)c1. The number of aromatic nitrogens is 2. The maximum atomic E-state index is 13.3. The summed E-state index contributed by atoms with van der Waals surface area (Å²) in [6.07, 6.45) is 0. The van der Waals surface area contributed by atoms with E-state index in [1.54, 1.807) is 12.1 Å². The van der Waals surface area contributed by atoms with Gasteiger partial charge in [0.05, 0.1) is 19.9 Å². The molecule has 3 aromatic carbocycles. The number of hydrogen-bond acceptors (Lipinski definition) is 7. The molecule has 9 heteroatoms. The van der Waals surface area contributed by atoms with Gasteiger partial charge in [-0.2, -0.15) is 4.31 Å². The number of benzene rings is 3. The van der Waals surface area contributed by atoms with Crippen molar-refractivity contribution in [3.05, 3.63) is 72.8 Å². The second kappa shape index (κ2) is 9.52. The lowest BCUT2D eigenvalue weighted by molar-refractivity contribution is 0.370. The second-order valence-electron chi connectivity index (χ2n) is 8.25. The van der Waals surface area contributed by atoms with Crippen LogP contribution in [-0.2, 0) is 10.0 Å². The molecule has 0 unspecified atom stereocenters. The van der Waals surface area contributed by atoms with Gasteiger partial charge in [0.25, 0.3) is 0 Å². The van der Waals surface area contributed by atoms with E-state index in [2.05, 4.69) is 34.5 Å². The summed E-state index contributed by atoms with van der Waals surface area (Å²) in [6.45, 7) is 1.68. The average Bonchev–Trinajstić information content (AvgIpc) is 2.92. The monoisotopic (exact) mass is 490 g/mol. The average molecular weight is 491 g/mol. The molecule has 35 heavy (non-hydrogen) atoms. The van der Waals surface area contributed by atoms with Gasteiger partial charge >= 0.3 is 0 Å². The zero-order valence-corrected chi connectivity index (χ0v) is 20.4. The van der Waals surface area contributed by atoms with Crippen LogP contribution in [0.4, 0.5) is 5.82 Å². The van der Waals surface area contributed by atoms with Gasteiger partial charge < -0.3 is 14.4 Å². The fraction of sp³-hybridized carbons (Fsp3) is 0.231. The van der Waals surface area contributed by atoms with E-state index in [4.69, 9.17) is 9.47 Å². The van der Waals surface area contributed by atoms with Crippen molar-refractivity contribution in [1.82, 2.24) is 14.5 Å². The van der Waals surface area contributed by atoms with Crippen molar-refractivity contribution in [3.8, 4) is 22.8 Å². The van der Waals surface area contributed by atoms with Crippen LogP contribution in [-0.4, -0.2) is 63.3 Å². The molecule has 4 aromatic rings. The molecule has 5 rings (SSSR count). The number of methoxy groups -OCH3 is 2. The maximum absolute atomic E-state index is 13.3. The topological polar surface area (TPSA) is 84.9 Å². The molecule has 1 aliphatic rings. The van der Waals surface area contributed by atoms with Crippen molar-refractivity contribution in [3.63, 3.8) is 0 Å². The van der Waals surface area contributed by atoms with Crippen molar-refractivity contribution >= 4 is 26.6 Å². The Labute approximate surface area is 204 Å². The largest absolute Gasteiger partial charge is 0.497 e. The highest BCUT2D eigenvalue weighted by atomic mass is 32.2. The molecular weight excluding hydrogens is 464 g/mol. The lowest BCUT2D eigenvalue weighted by Crippen LogP contribution is -2.49. The van der Waals surface area contributed by atoms with Gasteiger partial charge in [-0.15, -0.1) is 10.2 Å². The van der Waals surface area contributed by atoms with E-state index >= 15 is 0 Å². The predicted octanol–water partition coefficient (Wildman–Crippen LogP) is 3.82. The molecule has 0 bridgehead atoms. The van der Waals surface area contributed by atoms with Crippen LogP contribution in [0.15, 0.2) is 77.7 Å². The summed E-state index contributed by atoms with van der Waals surface area (Å²) in [5.41, 5.74) is 1.80. The first-order chi connectivity index (χ1) is 17.0. The molecule has 0 spiro atoms. The standard InChI is InChI=1S/C26H26N4O4S/c1-33-22-9-11-24(34-2)25(18-22)35(31,32)30-15-13-29(14-16-30)26-12-10-23(27-28-26)21-8-7-19-5-3-4-6-20(19)17-21/h3-12,17-18H,13-16H2,1-2H3. The Morgan fingerprint density at radius 2 is 1.54 bits per heavy atom. The van der Waals surface area contributed by atoms with Gasteiger partial charge in [-0.3, -0.25) is 0 Å². The van der Waals surface area contributed by atoms with Crippen LogP contribution in [0.2, 0.25) is 0 Å². The molecule has 0 aliphatic carbocycles. The minimum Gasteiger partial charge on any atom is -0.497 e. The quantitative estimate of drug-likeness (QED) is 0.406. The summed E-state index contributed by atoms with van der Waals surface area (Å²) >= 11 is 0. The fourth-order valence-corrected chi connectivity index (χ4v) is 5.87. The Morgan fingerprint density at radius 3 is 2.23 bits per heavy atom. The molecule has 0 atom stereocenters. The van der Waals surface area contributed by atoms with Gasteiger partial charge in [0.15, 0.2) is 5.82 Å². The Bertz CT molecular complexity index is 1450. The molecule has 0 amide bonds. The number of rotatable bonds is 6. The number of fused-ring (bicyclic) bond motifs is 1. The van der Waals surface area contributed by atoms with Gasteiger partial charge in [0.2, 0.25) is 10.0 Å². The minimum atomic E-state index is -3.74. The van der Waals surface area contributed by atoms with Gasteiger partial charge in [-0.1, -0.05) is 36.4 Å². The van der Waals surface area contributed by atoms with Crippen molar-refractivity contribution in [2.45, 2.75) is 4.90 Å². The normalized spacial score (nSPS) is 14.7. The molecular formula is C26H26N4O4S. The minimum absolute atomic E-state index is 0.104. The molecule has 0 radical (unpaired) electrons. The molecule has 180 valence electrons. The van der Waals surface area contributed by atoms with Gasteiger partial charge in [-0.05, 0) is 41.1 Å². The third-order valence-electron chi connectivity index (χ3n) is 6.25. The van der Waals surface area contributed by atoms with E-state index in [-0.39, 0.29) is 4.90 Å². The number of sulfonamides is 1. The van der Waals surface area contributed by atoms with Crippen LogP contribution < -0.4 is 14.4 Å². The van der Waals surface area contributed by atoms with E-state index < -0.39 is 10.0 Å². The van der Waals surface area contributed by atoms with E-state index in [9.17, 15) is 8.42 Å². The summed E-state index contributed by atoms with van der Waals surface area (Å²) in [4.78, 5) is 2.15. The molecule has 1 fully saturated rings. The number of ether oxygens (including phenoxy) is 2. The molecule has 0 saturated carbocycles. The lowest BCUT2D eigenvalue weighted by Gasteiger charge is -2.34. The second-order valence-corrected chi connectivity index (χ2v) is 10.2. The van der Waals surface area contributed by atoms with Crippen LogP contribution in [0.1, 0.15) is 0 Å². The van der Waals surface area contributed by atoms with Crippen molar-refractivity contribution in [2.24, 2.45) is 0 Å². The van der Waals surface area contributed by atoms with E-state index in [0.29, 0.717) is 37.7 Å². The summed E-state index contributed by atoms with van der Waals surface area (Å²) in [7, 11) is -0.777. The summed E-state index contributed by atoms with van der Waals surface area (Å²) < 4.78 is 38.6. The van der Waals surface area contributed by atoms with E-state index in [0.717, 1.165) is 22.5 Å². The highest BCUT2D eigenvalue weighted by Crippen LogP contribution is 2.31. The van der Waals surface area contributed by atoms with Crippen molar-refractivity contribution in [2.75, 3.05) is 45.3 Å². The summed E-state index contributed by atoms with van der Waals surface area (Å²) in [5.74, 6) is 1.48. The van der Waals surface area contributed by atoms with Crippen LogP contribution in [0, 0.1) is 0 Å². The molecule has 2 heterocycles. The first kappa shape index (κ1) is 23.1. The zero-order valence-electron chi connectivity index (χ0n) is 19.6. The van der Waals surface area contributed by atoms with Crippen LogP contribution >= 0.6 is 0 Å². The third kappa shape index (κ3) is 4.52. The number of hydrogen-bond donors (Lipinski definition) is 0. The van der Waals surface area contributed by atoms with Crippen LogP contribution in [0.3, 0.4) is 0 Å². The molecule has 1 saturated heterocycles. The number of anilines is 1.